The summed E-state index contributed by atoms with van der Waals surface area (Å²) in [6, 6.07) is -1.71. The number of hydrogen-bond acceptors (Lipinski definition) is 7. The molecule has 0 aromatic carbocycles. The number of carboxylic acid groups (broad SMARTS) is 2. The molecule has 0 saturated carbocycles. The molecule has 0 saturated heterocycles. The molecule has 9 N–H and O–H groups in total. The number of likely N-dealkylation sites (N-methyl/N-ethyl adjacent to an activating group) is 1. The summed E-state index contributed by atoms with van der Waals surface area (Å²) >= 11 is 0. The van der Waals surface area contributed by atoms with Gasteiger partial charge in [0.25, 0.3) is 0 Å². The third kappa shape index (κ3) is 13.2. The summed E-state index contributed by atoms with van der Waals surface area (Å²) in [6.45, 7) is 2.82. The molecule has 0 spiro atoms. The lowest BCUT2D eigenvalue weighted by Gasteiger charge is -2.09. The maximum atomic E-state index is 10.4. The highest BCUT2D eigenvalue weighted by Crippen LogP contribution is 1.99. The van der Waals surface area contributed by atoms with E-state index in [1.54, 1.807) is 12.4 Å². The van der Waals surface area contributed by atoms with Gasteiger partial charge in [-0.2, -0.15) is 5.48 Å². The van der Waals surface area contributed by atoms with E-state index in [-0.39, 0.29) is 6.42 Å². The molecule has 0 aromatic heterocycles. The molecule has 0 radical (unpaired) electrons. The number of primary amides is 1. The Kier molecular flexibility index (Phi) is 14.5. The van der Waals surface area contributed by atoms with Gasteiger partial charge in [0.05, 0.1) is 6.42 Å². The summed E-state index contributed by atoms with van der Waals surface area (Å²) in [5.41, 5.74) is 11.7. The Labute approximate surface area is 128 Å². The standard InChI is InChI=1S/C6H12N2O3.C6H14N2O3/c1-2-8-4(6(10)11)3-5(7)9;7-4-2-1-3-5(8-11)6(9)10/h4,8H,2-3H2,1H3,(H2,7,9)(H,10,11);5,8,11H,1-4,7H2,(H,9,10)/t4-;5-/m00/s1. The van der Waals surface area contributed by atoms with Gasteiger partial charge in [0.15, 0.2) is 0 Å². The number of carbonyl (C=O) groups is 3. The average molecular weight is 322 g/mol. The van der Waals surface area contributed by atoms with Crippen LogP contribution in [0.4, 0.5) is 0 Å². The first-order valence-electron chi connectivity index (χ1n) is 6.87. The van der Waals surface area contributed by atoms with E-state index in [2.05, 4.69) is 5.32 Å². The monoisotopic (exact) mass is 322 g/mol. The first-order chi connectivity index (χ1) is 10.3. The molecular formula is C12H26N4O6. The summed E-state index contributed by atoms with van der Waals surface area (Å²) in [6.07, 6.45) is 1.73. The summed E-state index contributed by atoms with van der Waals surface area (Å²) in [4.78, 5) is 30.9. The number of aliphatic carboxylic acids is 2. The molecule has 0 heterocycles. The molecule has 22 heavy (non-hydrogen) atoms. The van der Waals surface area contributed by atoms with Crippen molar-refractivity contribution < 1.29 is 29.8 Å². The van der Waals surface area contributed by atoms with Crippen LogP contribution in [0.5, 0.6) is 0 Å². The lowest BCUT2D eigenvalue weighted by molar-refractivity contribution is -0.142. The van der Waals surface area contributed by atoms with Crippen LogP contribution in [-0.2, 0) is 14.4 Å². The topological polar surface area (TPSA) is 188 Å². The predicted molar refractivity (Wildman–Crippen MR) is 78.2 cm³/mol. The maximum absolute atomic E-state index is 10.4. The molecule has 0 bridgehead atoms. The van der Waals surface area contributed by atoms with Gasteiger partial charge in [-0.15, -0.1) is 0 Å². The lowest BCUT2D eigenvalue weighted by Crippen LogP contribution is -2.39. The number of carboxylic acids is 2. The zero-order valence-electron chi connectivity index (χ0n) is 12.6. The van der Waals surface area contributed by atoms with Gasteiger partial charge in [-0.1, -0.05) is 6.92 Å². The van der Waals surface area contributed by atoms with Crippen molar-refractivity contribution in [2.24, 2.45) is 11.5 Å². The minimum atomic E-state index is -1.05. The second-order valence-corrected chi connectivity index (χ2v) is 4.42. The van der Waals surface area contributed by atoms with Gasteiger partial charge in [-0.25, -0.2) is 0 Å². The highest BCUT2D eigenvalue weighted by atomic mass is 16.5. The van der Waals surface area contributed by atoms with Crippen molar-refractivity contribution in [3.63, 3.8) is 0 Å². The fraction of sp³-hybridized carbons (Fsp3) is 0.750. The van der Waals surface area contributed by atoms with Gasteiger partial charge in [0.2, 0.25) is 5.91 Å². The Bertz CT molecular complexity index is 340. The van der Waals surface area contributed by atoms with Crippen LogP contribution in [0.3, 0.4) is 0 Å². The number of hydroxylamine groups is 1. The van der Waals surface area contributed by atoms with Crippen LogP contribution in [-0.4, -0.2) is 58.4 Å². The van der Waals surface area contributed by atoms with Gasteiger partial charge in [0.1, 0.15) is 12.1 Å². The Hall–Kier alpha value is -1.75. The molecule has 1 amide bonds. The van der Waals surface area contributed by atoms with Crippen molar-refractivity contribution in [3.8, 4) is 0 Å². The average Bonchev–Trinajstić information content (AvgIpc) is 2.43. The Morgan fingerprint density at radius 1 is 1.09 bits per heavy atom. The highest BCUT2D eigenvalue weighted by molar-refractivity contribution is 5.83. The third-order valence-electron chi connectivity index (χ3n) is 2.55. The SMILES string of the molecule is CCN[C@@H](CC(N)=O)C(=O)O.NCCCC[C@H](NO)C(=O)O. The number of rotatable bonds is 11. The van der Waals surface area contributed by atoms with Crippen molar-refractivity contribution in [1.82, 2.24) is 10.8 Å². The molecule has 0 aliphatic rings. The Morgan fingerprint density at radius 3 is 1.95 bits per heavy atom. The highest BCUT2D eigenvalue weighted by Gasteiger charge is 2.17. The van der Waals surface area contributed by atoms with E-state index in [1.807, 2.05) is 0 Å². The third-order valence-corrected chi connectivity index (χ3v) is 2.55. The normalized spacial score (nSPS) is 12.7. The van der Waals surface area contributed by atoms with Gasteiger partial charge in [0, 0.05) is 0 Å². The second-order valence-electron chi connectivity index (χ2n) is 4.42. The number of hydrogen-bond donors (Lipinski definition) is 7. The molecule has 0 aliphatic carbocycles. The smallest absolute Gasteiger partial charge is 0.323 e. The molecule has 130 valence electrons. The van der Waals surface area contributed by atoms with Crippen LogP contribution in [0.1, 0.15) is 32.6 Å². The molecule has 2 atom stereocenters. The van der Waals surface area contributed by atoms with Crippen LogP contribution in [0, 0.1) is 0 Å². The van der Waals surface area contributed by atoms with E-state index in [1.165, 1.54) is 0 Å². The predicted octanol–water partition coefficient (Wildman–Crippen LogP) is -1.53. The fourth-order valence-electron chi connectivity index (χ4n) is 1.43. The van der Waals surface area contributed by atoms with E-state index in [0.29, 0.717) is 25.9 Å². The van der Waals surface area contributed by atoms with Crippen molar-refractivity contribution >= 4 is 17.8 Å². The quantitative estimate of drug-likeness (QED) is 0.175. The Balaban J connectivity index is 0. The molecule has 10 nitrogen and oxygen atoms in total. The molecule has 0 unspecified atom stereocenters. The van der Waals surface area contributed by atoms with Crippen molar-refractivity contribution in [3.05, 3.63) is 0 Å². The minimum Gasteiger partial charge on any atom is -0.480 e. The first kappa shape index (κ1) is 22.5. The summed E-state index contributed by atoms with van der Waals surface area (Å²) < 4.78 is 0. The van der Waals surface area contributed by atoms with Gasteiger partial charge >= 0.3 is 11.9 Å². The molecule has 0 rings (SSSR count). The largest absolute Gasteiger partial charge is 0.480 e. The summed E-state index contributed by atoms with van der Waals surface area (Å²) in [7, 11) is 0. The van der Waals surface area contributed by atoms with Gasteiger partial charge in [-0.3, -0.25) is 14.4 Å². The molecule has 0 fully saturated rings. The van der Waals surface area contributed by atoms with Crippen LogP contribution in [0.25, 0.3) is 0 Å². The fourth-order valence-corrected chi connectivity index (χ4v) is 1.43. The molecule has 0 aliphatic heterocycles. The zero-order chi connectivity index (χ0) is 17.5. The van der Waals surface area contributed by atoms with Crippen LogP contribution in [0.15, 0.2) is 0 Å². The van der Waals surface area contributed by atoms with E-state index in [0.717, 1.165) is 6.42 Å². The van der Waals surface area contributed by atoms with Gasteiger partial charge in [-0.05, 0) is 32.4 Å². The summed E-state index contributed by atoms with van der Waals surface area (Å²) in [5.74, 6) is -2.70. The van der Waals surface area contributed by atoms with Crippen LogP contribution >= 0.6 is 0 Å². The number of amides is 1. The van der Waals surface area contributed by atoms with Crippen LogP contribution < -0.4 is 22.3 Å². The molecule has 10 heteroatoms. The Morgan fingerprint density at radius 2 is 1.64 bits per heavy atom. The zero-order valence-corrected chi connectivity index (χ0v) is 12.6. The van der Waals surface area contributed by atoms with E-state index in [9.17, 15) is 14.4 Å². The van der Waals surface area contributed by atoms with Crippen molar-refractivity contribution in [2.45, 2.75) is 44.7 Å². The van der Waals surface area contributed by atoms with E-state index < -0.39 is 29.9 Å². The molecular weight excluding hydrogens is 296 g/mol. The molecule has 0 aromatic rings. The number of unbranched alkanes of at least 4 members (excludes halogenated alkanes) is 1. The number of nitrogens with one attached hydrogen (secondary N) is 2. The number of nitrogens with two attached hydrogens (primary N) is 2. The number of carbonyl (C=O) groups excluding carboxylic acids is 1. The summed E-state index contributed by atoms with van der Waals surface area (Å²) in [5, 5.41) is 27.8. The second kappa shape index (κ2) is 14.2. The van der Waals surface area contributed by atoms with Crippen molar-refractivity contribution in [2.75, 3.05) is 13.1 Å². The van der Waals surface area contributed by atoms with Crippen LogP contribution in [0.2, 0.25) is 0 Å². The van der Waals surface area contributed by atoms with E-state index in [4.69, 9.17) is 26.9 Å². The lowest BCUT2D eigenvalue weighted by atomic mass is 10.1. The van der Waals surface area contributed by atoms with Crippen molar-refractivity contribution in [1.29, 1.82) is 0 Å². The first-order valence-corrected chi connectivity index (χ1v) is 6.87. The van der Waals surface area contributed by atoms with E-state index >= 15 is 0 Å². The maximum Gasteiger partial charge on any atom is 0.323 e. The van der Waals surface area contributed by atoms with Gasteiger partial charge < -0.3 is 32.2 Å². The minimum absolute atomic E-state index is 0.164.